The zero-order valence-electron chi connectivity index (χ0n) is 10.5. The maximum atomic E-state index is 12.0. The summed E-state index contributed by atoms with van der Waals surface area (Å²) in [6, 6.07) is 0. The van der Waals surface area contributed by atoms with E-state index in [1.165, 1.54) is 0 Å². The van der Waals surface area contributed by atoms with Crippen molar-refractivity contribution in [1.29, 1.82) is 0 Å². The SMILES string of the molecule is CCC(C)(Cl)C(=O)OC1C2CC3C(=O)OC1C3C2. The number of ether oxygens (including phenoxy) is 2. The smallest absolute Gasteiger partial charge is 0.327 e. The van der Waals surface area contributed by atoms with Crippen molar-refractivity contribution < 1.29 is 19.1 Å². The first-order chi connectivity index (χ1) is 8.44. The molecule has 3 aliphatic rings. The third kappa shape index (κ3) is 1.58. The third-order valence-corrected chi connectivity index (χ3v) is 5.17. The van der Waals surface area contributed by atoms with Crippen molar-refractivity contribution in [3.63, 3.8) is 0 Å². The van der Waals surface area contributed by atoms with Gasteiger partial charge in [0, 0.05) is 11.8 Å². The van der Waals surface area contributed by atoms with Crippen LogP contribution in [0.3, 0.4) is 0 Å². The highest BCUT2D eigenvalue weighted by atomic mass is 35.5. The number of carbonyl (C=O) groups excluding carboxylic acids is 2. The summed E-state index contributed by atoms with van der Waals surface area (Å²) >= 11 is 6.10. The van der Waals surface area contributed by atoms with Crippen molar-refractivity contribution in [3.05, 3.63) is 0 Å². The molecule has 2 aliphatic carbocycles. The van der Waals surface area contributed by atoms with E-state index in [2.05, 4.69) is 0 Å². The van der Waals surface area contributed by atoms with Gasteiger partial charge in [0.25, 0.3) is 0 Å². The number of rotatable bonds is 3. The van der Waals surface area contributed by atoms with E-state index in [1.54, 1.807) is 6.92 Å². The normalized spacial score (nSPS) is 43.7. The molecule has 100 valence electrons. The molecule has 1 aliphatic heterocycles. The molecule has 18 heavy (non-hydrogen) atoms. The van der Waals surface area contributed by atoms with Gasteiger partial charge in [0.05, 0.1) is 5.92 Å². The molecule has 0 aromatic rings. The van der Waals surface area contributed by atoms with Gasteiger partial charge in [-0.3, -0.25) is 9.59 Å². The van der Waals surface area contributed by atoms with Crippen molar-refractivity contribution >= 4 is 23.5 Å². The lowest BCUT2D eigenvalue weighted by Gasteiger charge is -2.28. The predicted octanol–water partition coefficient (Wildman–Crippen LogP) is 1.89. The van der Waals surface area contributed by atoms with Crippen LogP contribution in [0.15, 0.2) is 0 Å². The molecule has 0 spiro atoms. The van der Waals surface area contributed by atoms with Crippen molar-refractivity contribution in [2.45, 2.75) is 50.2 Å². The summed E-state index contributed by atoms with van der Waals surface area (Å²) in [4.78, 5) is 22.6. The van der Waals surface area contributed by atoms with Gasteiger partial charge >= 0.3 is 11.9 Å². The average molecular weight is 273 g/mol. The van der Waals surface area contributed by atoms with Crippen molar-refractivity contribution in [1.82, 2.24) is 0 Å². The molecule has 2 saturated carbocycles. The van der Waals surface area contributed by atoms with E-state index < -0.39 is 10.8 Å². The average Bonchev–Trinajstić information content (AvgIpc) is 2.93. The first-order valence-electron chi connectivity index (χ1n) is 6.54. The molecule has 5 heteroatoms. The fourth-order valence-electron chi connectivity index (χ4n) is 3.46. The lowest BCUT2D eigenvalue weighted by atomic mass is 9.88. The topological polar surface area (TPSA) is 52.6 Å². The Labute approximate surface area is 111 Å². The van der Waals surface area contributed by atoms with Crippen molar-refractivity contribution in [2.24, 2.45) is 17.8 Å². The number of esters is 2. The van der Waals surface area contributed by atoms with E-state index in [0.29, 0.717) is 6.42 Å². The Morgan fingerprint density at radius 3 is 2.94 bits per heavy atom. The van der Waals surface area contributed by atoms with Gasteiger partial charge in [0.1, 0.15) is 17.1 Å². The van der Waals surface area contributed by atoms with Gasteiger partial charge in [-0.1, -0.05) is 6.92 Å². The molecule has 0 radical (unpaired) electrons. The second kappa shape index (κ2) is 3.86. The van der Waals surface area contributed by atoms with Crippen LogP contribution in [0.1, 0.15) is 33.1 Å². The van der Waals surface area contributed by atoms with Crippen LogP contribution in [0.5, 0.6) is 0 Å². The minimum Gasteiger partial charge on any atom is -0.458 e. The molecular weight excluding hydrogens is 256 g/mol. The molecule has 1 heterocycles. The molecule has 4 nitrogen and oxygen atoms in total. The first kappa shape index (κ1) is 12.3. The Kier molecular flexibility index (Phi) is 2.63. The minimum absolute atomic E-state index is 0.0449. The Hall–Kier alpha value is -0.770. The monoisotopic (exact) mass is 272 g/mol. The molecule has 0 N–H and O–H groups in total. The summed E-state index contributed by atoms with van der Waals surface area (Å²) < 4.78 is 10.9. The summed E-state index contributed by atoms with van der Waals surface area (Å²) in [6.07, 6.45) is 1.73. The Morgan fingerprint density at radius 2 is 2.28 bits per heavy atom. The van der Waals surface area contributed by atoms with E-state index in [4.69, 9.17) is 21.1 Å². The number of hydrogen-bond donors (Lipinski definition) is 0. The molecular formula is C13H17ClO4. The standard InChI is InChI=1S/C13H17ClO4/c1-3-13(2,14)12(16)18-9-6-4-7-8(5-6)11(15)17-10(7)9/h6-10H,3-5H2,1-2H3. The van der Waals surface area contributed by atoms with Crippen LogP contribution in [-0.2, 0) is 19.1 Å². The number of alkyl halides is 1. The van der Waals surface area contributed by atoms with Crippen LogP contribution >= 0.6 is 11.6 Å². The quantitative estimate of drug-likeness (QED) is 0.582. The van der Waals surface area contributed by atoms with E-state index in [0.717, 1.165) is 12.8 Å². The van der Waals surface area contributed by atoms with Crippen LogP contribution in [0.4, 0.5) is 0 Å². The number of halogens is 1. The molecule has 0 aromatic carbocycles. The second-order valence-corrected chi connectivity index (χ2v) is 6.66. The summed E-state index contributed by atoms with van der Waals surface area (Å²) in [5.41, 5.74) is 0. The van der Waals surface area contributed by atoms with Crippen LogP contribution in [0, 0.1) is 17.8 Å². The number of carbonyl (C=O) groups is 2. The summed E-state index contributed by atoms with van der Waals surface area (Å²) in [6.45, 7) is 3.51. The first-order valence-corrected chi connectivity index (χ1v) is 6.92. The number of fused-ring (bicyclic) bond motifs is 1. The molecule has 6 atom stereocenters. The molecule has 6 unspecified atom stereocenters. The van der Waals surface area contributed by atoms with Crippen molar-refractivity contribution in [3.8, 4) is 0 Å². The van der Waals surface area contributed by atoms with Gasteiger partial charge in [-0.15, -0.1) is 11.6 Å². The lowest BCUT2D eigenvalue weighted by Crippen LogP contribution is -2.41. The fraction of sp³-hybridized carbons (Fsp3) is 0.846. The Balaban J connectivity index is 1.73. The molecule has 3 fully saturated rings. The summed E-state index contributed by atoms with van der Waals surface area (Å²) in [7, 11) is 0. The van der Waals surface area contributed by atoms with Crippen LogP contribution in [-0.4, -0.2) is 29.0 Å². The van der Waals surface area contributed by atoms with Crippen LogP contribution in [0.2, 0.25) is 0 Å². The van der Waals surface area contributed by atoms with E-state index in [-0.39, 0.29) is 35.9 Å². The highest BCUT2D eigenvalue weighted by Gasteiger charge is 2.63. The summed E-state index contributed by atoms with van der Waals surface area (Å²) in [5, 5.41) is 0. The minimum atomic E-state index is -0.982. The van der Waals surface area contributed by atoms with Gasteiger partial charge in [0.15, 0.2) is 0 Å². The van der Waals surface area contributed by atoms with E-state index in [9.17, 15) is 9.59 Å². The van der Waals surface area contributed by atoms with Gasteiger partial charge in [-0.25, -0.2) is 0 Å². The zero-order valence-corrected chi connectivity index (χ0v) is 11.3. The second-order valence-electron chi connectivity index (χ2n) is 5.82. The zero-order chi connectivity index (χ0) is 13.1. The van der Waals surface area contributed by atoms with E-state index in [1.807, 2.05) is 6.92 Å². The fourth-order valence-corrected chi connectivity index (χ4v) is 3.50. The Bertz CT molecular complexity index is 406. The van der Waals surface area contributed by atoms with Gasteiger partial charge in [-0.05, 0) is 26.2 Å². The van der Waals surface area contributed by atoms with Gasteiger partial charge in [-0.2, -0.15) is 0 Å². The molecule has 0 aromatic heterocycles. The highest BCUT2D eigenvalue weighted by Crippen LogP contribution is 2.55. The van der Waals surface area contributed by atoms with Gasteiger partial charge in [0.2, 0.25) is 0 Å². The maximum absolute atomic E-state index is 12.0. The predicted molar refractivity (Wildman–Crippen MR) is 64.0 cm³/mol. The molecule has 2 bridgehead atoms. The molecule has 0 amide bonds. The van der Waals surface area contributed by atoms with Gasteiger partial charge < -0.3 is 9.47 Å². The third-order valence-electron chi connectivity index (χ3n) is 4.75. The van der Waals surface area contributed by atoms with Crippen molar-refractivity contribution in [2.75, 3.05) is 0 Å². The summed E-state index contributed by atoms with van der Waals surface area (Å²) in [5.74, 6) is 0.0515. The molecule has 1 saturated heterocycles. The van der Waals surface area contributed by atoms with Crippen LogP contribution in [0.25, 0.3) is 0 Å². The number of hydrogen-bond acceptors (Lipinski definition) is 4. The lowest BCUT2D eigenvalue weighted by molar-refractivity contribution is -0.164. The maximum Gasteiger partial charge on any atom is 0.327 e. The Morgan fingerprint density at radius 1 is 1.56 bits per heavy atom. The van der Waals surface area contributed by atoms with Crippen LogP contribution < -0.4 is 0 Å². The van der Waals surface area contributed by atoms with E-state index >= 15 is 0 Å². The highest BCUT2D eigenvalue weighted by molar-refractivity contribution is 6.33. The molecule has 3 rings (SSSR count). The largest absolute Gasteiger partial charge is 0.458 e.